The first-order valence-electron chi connectivity index (χ1n) is 9.97. The zero-order valence-electron chi connectivity index (χ0n) is 16.8. The summed E-state index contributed by atoms with van der Waals surface area (Å²) in [4.78, 5) is 24.3. The maximum atomic E-state index is 13.3. The predicted molar refractivity (Wildman–Crippen MR) is 91.7 cm³/mol. The number of alkyl halides is 6. The average Bonchev–Trinajstić information content (AvgIpc) is 2.67. The number of carbonyl (C=O) groups excluding carboxylic acids is 2. The molecular weight excluding hydrogens is 474 g/mol. The van der Waals surface area contributed by atoms with Crippen LogP contribution in [0.1, 0.15) is 45.4 Å². The molecule has 0 aromatic rings. The summed E-state index contributed by atoms with van der Waals surface area (Å²) in [5, 5.41) is 12.4. The zero-order valence-corrected chi connectivity index (χ0v) is 17.6. The van der Waals surface area contributed by atoms with Crippen molar-refractivity contribution in [1.29, 1.82) is 0 Å². The Bertz CT molecular complexity index is 684. The minimum absolute atomic E-state index is 0.0472. The van der Waals surface area contributed by atoms with E-state index < -0.39 is 53.3 Å². The third-order valence-corrected chi connectivity index (χ3v) is 7.97. The summed E-state index contributed by atoms with van der Waals surface area (Å²) in [7, 11) is 0. The minimum atomic E-state index is -6.29. The molecule has 4 bridgehead atoms. The SMILES string of the molecule is CCC1(OC(=O)COC(=O)C(SOO[O-])(C(F)(F)F)C(F)(F)F)C2CC3CC(C2)CC1C3. The van der Waals surface area contributed by atoms with E-state index in [1.165, 1.54) is 0 Å². The molecule has 4 rings (SSSR count). The van der Waals surface area contributed by atoms with Crippen LogP contribution in [0.3, 0.4) is 0 Å². The molecule has 7 nitrogen and oxygen atoms in total. The van der Waals surface area contributed by atoms with E-state index in [0.29, 0.717) is 18.3 Å². The normalized spacial score (nSPS) is 32.1. The molecule has 0 spiro atoms. The summed E-state index contributed by atoms with van der Waals surface area (Å²) < 4.78 is 87.1. The first-order valence-corrected chi connectivity index (χ1v) is 10.7. The summed E-state index contributed by atoms with van der Waals surface area (Å²) >= 11 is -1.61. The topological polar surface area (TPSA) is 94.1 Å². The molecule has 0 amide bonds. The second kappa shape index (κ2) is 8.84. The van der Waals surface area contributed by atoms with Gasteiger partial charge in [0.05, 0.1) is 12.0 Å². The van der Waals surface area contributed by atoms with Crippen LogP contribution in [0.5, 0.6) is 0 Å². The van der Waals surface area contributed by atoms with Crippen LogP contribution in [0.25, 0.3) is 0 Å². The molecular formula is C18H21F6O7S-. The van der Waals surface area contributed by atoms with Gasteiger partial charge in [0.1, 0.15) is 5.60 Å². The van der Waals surface area contributed by atoms with Crippen molar-refractivity contribution in [3.8, 4) is 0 Å². The summed E-state index contributed by atoms with van der Waals surface area (Å²) in [5.74, 6) is -2.98. The van der Waals surface area contributed by atoms with Crippen molar-refractivity contribution in [3.05, 3.63) is 0 Å². The molecule has 0 atom stereocenters. The van der Waals surface area contributed by atoms with E-state index in [9.17, 15) is 41.2 Å². The smallest absolute Gasteiger partial charge is 0.425 e. The van der Waals surface area contributed by atoms with Gasteiger partial charge in [-0.25, -0.2) is 9.59 Å². The fourth-order valence-corrected chi connectivity index (χ4v) is 6.30. The maximum absolute atomic E-state index is 13.3. The van der Waals surface area contributed by atoms with Gasteiger partial charge in [0.15, 0.2) is 6.61 Å². The van der Waals surface area contributed by atoms with E-state index in [1.54, 1.807) is 6.92 Å². The van der Waals surface area contributed by atoms with Crippen LogP contribution < -0.4 is 5.26 Å². The fraction of sp³-hybridized carbons (Fsp3) is 0.889. The largest absolute Gasteiger partial charge is 0.691 e. The molecule has 0 aromatic heterocycles. The van der Waals surface area contributed by atoms with Crippen LogP contribution in [0, 0.1) is 23.7 Å². The molecule has 0 radical (unpaired) electrons. The van der Waals surface area contributed by atoms with Gasteiger partial charge in [0, 0.05) is 0 Å². The van der Waals surface area contributed by atoms with Crippen molar-refractivity contribution in [1.82, 2.24) is 0 Å². The van der Waals surface area contributed by atoms with E-state index in [4.69, 9.17) is 4.74 Å². The van der Waals surface area contributed by atoms with Gasteiger partial charge < -0.3 is 14.7 Å². The Balaban J connectivity index is 1.72. The van der Waals surface area contributed by atoms with Crippen LogP contribution in [-0.4, -0.2) is 41.2 Å². The highest BCUT2D eigenvalue weighted by molar-refractivity contribution is 7.96. The molecule has 4 saturated carbocycles. The van der Waals surface area contributed by atoms with Gasteiger partial charge in [-0.2, -0.15) is 30.7 Å². The van der Waals surface area contributed by atoms with Crippen molar-refractivity contribution in [2.24, 2.45) is 23.7 Å². The quantitative estimate of drug-likeness (QED) is 0.166. The van der Waals surface area contributed by atoms with E-state index >= 15 is 0 Å². The second-order valence-corrected chi connectivity index (χ2v) is 9.47. The molecule has 0 aliphatic heterocycles. The van der Waals surface area contributed by atoms with Gasteiger partial charge in [0.25, 0.3) is 0 Å². The first kappa shape index (κ1) is 25.4. The lowest BCUT2D eigenvalue weighted by Gasteiger charge is -2.60. The third-order valence-electron chi connectivity index (χ3n) is 6.97. The molecule has 0 unspecified atom stereocenters. The molecule has 0 saturated heterocycles. The summed E-state index contributed by atoms with van der Waals surface area (Å²) in [6.07, 6.45) is -7.69. The molecule has 0 heterocycles. The highest BCUT2D eigenvalue weighted by Crippen LogP contribution is 2.60. The molecule has 14 heteroatoms. The number of esters is 2. The van der Waals surface area contributed by atoms with Gasteiger partial charge >= 0.3 is 29.0 Å². The number of hydrogen-bond acceptors (Lipinski definition) is 8. The molecule has 4 aliphatic carbocycles. The van der Waals surface area contributed by atoms with Gasteiger partial charge in [-0.05, 0) is 62.2 Å². The van der Waals surface area contributed by atoms with Crippen molar-refractivity contribution in [2.45, 2.75) is 68.1 Å². The number of halogens is 6. The summed E-state index contributed by atoms with van der Waals surface area (Å²) in [5.41, 5.74) is -0.879. The van der Waals surface area contributed by atoms with E-state index in [1.807, 2.05) is 0 Å². The number of carbonyl (C=O) groups is 2. The average molecular weight is 495 g/mol. The van der Waals surface area contributed by atoms with Crippen LogP contribution in [0.4, 0.5) is 26.3 Å². The fourth-order valence-electron chi connectivity index (χ4n) is 5.85. The number of rotatable bonds is 8. The minimum Gasteiger partial charge on any atom is -0.691 e. The zero-order chi connectivity index (χ0) is 23.9. The van der Waals surface area contributed by atoms with Gasteiger partial charge in [-0.15, -0.1) is 0 Å². The Hall–Kier alpha value is -1.25. The van der Waals surface area contributed by atoms with Gasteiger partial charge in [-0.3, -0.25) is 5.04 Å². The van der Waals surface area contributed by atoms with Crippen molar-refractivity contribution < 1.29 is 60.0 Å². The van der Waals surface area contributed by atoms with E-state index in [-0.39, 0.29) is 11.8 Å². The molecule has 0 aromatic carbocycles. The third kappa shape index (κ3) is 4.18. The molecule has 4 fully saturated rings. The Morgan fingerprint density at radius 3 is 1.88 bits per heavy atom. The molecule has 184 valence electrons. The van der Waals surface area contributed by atoms with Crippen LogP contribution >= 0.6 is 12.0 Å². The Morgan fingerprint density at radius 2 is 1.47 bits per heavy atom. The number of hydrogen-bond donors (Lipinski definition) is 0. The lowest BCUT2D eigenvalue weighted by molar-refractivity contribution is -0.777. The van der Waals surface area contributed by atoms with Gasteiger partial charge in [0.2, 0.25) is 0 Å². The Morgan fingerprint density at radius 1 is 0.969 bits per heavy atom. The summed E-state index contributed by atoms with van der Waals surface area (Å²) in [6, 6.07) is 0. The predicted octanol–water partition coefficient (Wildman–Crippen LogP) is 3.41. The van der Waals surface area contributed by atoms with Gasteiger partial charge in [-0.1, -0.05) is 6.92 Å². The van der Waals surface area contributed by atoms with Crippen molar-refractivity contribution in [3.63, 3.8) is 0 Å². The molecule has 32 heavy (non-hydrogen) atoms. The number of ether oxygens (including phenoxy) is 2. The van der Waals surface area contributed by atoms with E-state index in [2.05, 4.69) is 14.1 Å². The Labute approximate surface area is 183 Å². The highest BCUT2D eigenvalue weighted by atomic mass is 32.2. The van der Waals surface area contributed by atoms with Crippen LogP contribution in [0.15, 0.2) is 0 Å². The highest BCUT2D eigenvalue weighted by Gasteiger charge is 2.79. The summed E-state index contributed by atoms with van der Waals surface area (Å²) in [6.45, 7) is 0.344. The van der Waals surface area contributed by atoms with Crippen molar-refractivity contribution >= 4 is 24.0 Å². The van der Waals surface area contributed by atoms with Crippen molar-refractivity contribution in [2.75, 3.05) is 6.61 Å². The van der Waals surface area contributed by atoms with Crippen LogP contribution in [0.2, 0.25) is 0 Å². The standard InChI is InChI=1S/C18H22F6O7S/c1-2-15(11-4-9-3-10(6-11)7-12(15)5-9)29-13(25)8-28-14(26)16(17(19,20)21,18(22,23)24)32-31-30-27/h9-12,27H,2-8H2,1H3/p-1. The lowest BCUT2D eigenvalue weighted by Crippen LogP contribution is -2.61. The Kier molecular flexibility index (Phi) is 7.01. The maximum Gasteiger partial charge on any atom is 0.425 e. The molecule has 4 aliphatic rings. The monoisotopic (exact) mass is 495 g/mol. The van der Waals surface area contributed by atoms with E-state index in [0.717, 1.165) is 32.1 Å². The van der Waals surface area contributed by atoms with Crippen LogP contribution in [-0.2, 0) is 28.4 Å². The first-order chi connectivity index (χ1) is 14.8. The molecule has 0 N–H and O–H groups in total. The lowest BCUT2D eigenvalue weighted by atomic mass is 9.49. The second-order valence-electron chi connectivity index (χ2n) is 8.56.